The van der Waals surface area contributed by atoms with E-state index >= 15 is 0 Å². The number of hydrogen-bond acceptors (Lipinski definition) is 3. The number of nitrogens with zero attached hydrogens (tertiary/aromatic N) is 1. The first-order chi connectivity index (χ1) is 10.8. The minimum atomic E-state index is -1.17. The fraction of sp³-hybridized carbons (Fsp3) is 0.556. The molecule has 1 fully saturated rings. The molecule has 3 nitrogen and oxygen atoms in total. The van der Waals surface area contributed by atoms with Gasteiger partial charge in [-0.1, -0.05) is 43.9 Å². The summed E-state index contributed by atoms with van der Waals surface area (Å²) in [5.41, 5.74) is 2.31. The molecule has 1 amide bonds. The molecule has 1 N–H and O–H groups in total. The van der Waals surface area contributed by atoms with Crippen LogP contribution in [0.3, 0.4) is 0 Å². The number of aliphatic imine (C=N–C) groups is 1. The summed E-state index contributed by atoms with van der Waals surface area (Å²) in [5, 5.41) is 4.20. The molecule has 0 saturated heterocycles. The molecule has 126 valence electrons. The van der Waals surface area contributed by atoms with Crippen LogP contribution in [0.2, 0.25) is 19.6 Å². The summed E-state index contributed by atoms with van der Waals surface area (Å²) in [6, 6.07) is 8.51. The van der Waals surface area contributed by atoms with Gasteiger partial charge in [0.2, 0.25) is 5.91 Å². The minimum absolute atomic E-state index is 0.0637. The van der Waals surface area contributed by atoms with Crippen LogP contribution in [0.15, 0.2) is 29.3 Å². The average molecular weight is 349 g/mol. The molecule has 0 radical (unpaired) electrons. The zero-order valence-electron chi connectivity index (χ0n) is 14.8. The van der Waals surface area contributed by atoms with Crippen molar-refractivity contribution in [1.82, 2.24) is 5.32 Å². The average Bonchev–Trinajstić information content (AvgIpc) is 3.32. The van der Waals surface area contributed by atoms with E-state index < -0.39 is 8.07 Å². The summed E-state index contributed by atoms with van der Waals surface area (Å²) in [6.45, 7) is 9.05. The fourth-order valence-corrected chi connectivity index (χ4v) is 3.57. The summed E-state index contributed by atoms with van der Waals surface area (Å²) in [6.07, 6.45) is 5.12. The van der Waals surface area contributed by atoms with Gasteiger partial charge < -0.3 is 5.32 Å². The number of carbonyl (C=O) groups is 1. The molecule has 1 atom stereocenters. The summed E-state index contributed by atoms with van der Waals surface area (Å²) in [5.74, 6) is 0.455. The highest BCUT2D eigenvalue weighted by molar-refractivity contribution is 8.13. The summed E-state index contributed by atoms with van der Waals surface area (Å²) in [4.78, 5) is 16.7. The molecule has 1 aliphatic carbocycles. The maximum Gasteiger partial charge on any atom is 0.223 e. The van der Waals surface area contributed by atoms with Crippen molar-refractivity contribution in [3.8, 4) is 0 Å². The monoisotopic (exact) mass is 348 g/mol. The number of nitrogens with one attached hydrogen (secondary N) is 1. The van der Waals surface area contributed by atoms with Crippen molar-refractivity contribution in [3.05, 3.63) is 35.4 Å². The topological polar surface area (TPSA) is 41.5 Å². The van der Waals surface area contributed by atoms with Gasteiger partial charge in [0.1, 0.15) is 0 Å². The first kappa shape index (κ1) is 18.3. The van der Waals surface area contributed by atoms with E-state index in [2.05, 4.69) is 55.5 Å². The van der Waals surface area contributed by atoms with Crippen LogP contribution >= 0.6 is 11.8 Å². The van der Waals surface area contributed by atoms with Crippen molar-refractivity contribution >= 4 is 30.8 Å². The van der Waals surface area contributed by atoms with Crippen molar-refractivity contribution in [2.45, 2.75) is 45.4 Å². The Morgan fingerprint density at radius 1 is 1.30 bits per heavy atom. The number of hydrogen-bond donors (Lipinski definition) is 1. The molecule has 1 saturated carbocycles. The van der Waals surface area contributed by atoms with Crippen molar-refractivity contribution in [3.63, 3.8) is 0 Å². The van der Waals surface area contributed by atoms with E-state index in [1.807, 2.05) is 6.92 Å². The molecule has 1 aromatic rings. The van der Waals surface area contributed by atoms with Gasteiger partial charge in [-0.2, -0.15) is 0 Å². The summed E-state index contributed by atoms with van der Waals surface area (Å²) >= 11 is 1.70. The van der Waals surface area contributed by atoms with Crippen molar-refractivity contribution in [2.75, 3.05) is 12.4 Å². The molecule has 0 aliphatic heterocycles. The lowest BCUT2D eigenvalue weighted by Gasteiger charge is -2.16. The van der Waals surface area contributed by atoms with Gasteiger partial charge in [0, 0.05) is 17.6 Å². The van der Waals surface area contributed by atoms with E-state index in [0.29, 0.717) is 0 Å². The van der Waals surface area contributed by atoms with Gasteiger partial charge in [-0.15, -0.1) is 11.8 Å². The summed E-state index contributed by atoms with van der Waals surface area (Å²) < 4.78 is 0. The SMILES string of the molecule is CS/C(=N\C[Si](C)(C)C)c1ccc(C(C)NC(=O)C2CC2)cc1. The largest absolute Gasteiger partial charge is 0.349 e. The molecule has 2 rings (SSSR count). The molecular weight excluding hydrogens is 320 g/mol. The maximum atomic E-state index is 11.9. The van der Waals surface area contributed by atoms with E-state index in [-0.39, 0.29) is 17.9 Å². The standard InChI is InChI=1S/C18H28N2OSSi/c1-13(20-17(21)15-8-9-15)14-6-10-16(11-7-14)18(22-2)19-12-23(3,4)5/h6-7,10-11,13,15H,8-9,12H2,1-5H3,(H,20,21)/b19-18-. The van der Waals surface area contributed by atoms with Gasteiger partial charge >= 0.3 is 0 Å². The predicted octanol–water partition coefficient (Wildman–Crippen LogP) is 4.26. The number of thioether (sulfide) groups is 1. The lowest BCUT2D eigenvalue weighted by atomic mass is 10.1. The van der Waals surface area contributed by atoms with Crippen LogP contribution < -0.4 is 5.32 Å². The van der Waals surface area contributed by atoms with E-state index in [0.717, 1.165) is 29.6 Å². The van der Waals surface area contributed by atoms with Gasteiger partial charge in [-0.3, -0.25) is 9.79 Å². The Hall–Kier alpha value is -1.07. The van der Waals surface area contributed by atoms with E-state index in [9.17, 15) is 4.79 Å². The number of benzene rings is 1. The van der Waals surface area contributed by atoms with Gasteiger partial charge in [-0.25, -0.2) is 0 Å². The molecule has 1 aliphatic rings. The van der Waals surface area contributed by atoms with Crippen molar-refractivity contribution < 1.29 is 4.79 Å². The Labute approximate surface area is 145 Å². The Bertz CT molecular complexity index is 574. The highest BCUT2D eigenvalue weighted by Gasteiger charge is 2.30. The van der Waals surface area contributed by atoms with Gasteiger partial charge in [-0.05, 0) is 31.6 Å². The molecule has 0 bridgehead atoms. The normalized spacial score (nSPS) is 17.0. The van der Waals surface area contributed by atoms with Crippen molar-refractivity contribution in [1.29, 1.82) is 0 Å². The van der Waals surface area contributed by atoms with Crippen LogP contribution in [0, 0.1) is 5.92 Å². The minimum Gasteiger partial charge on any atom is -0.349 e. The van der Waals surface area contributed by atoms with Crippen LogP contribution in [0.5, 0.6) is 0 Å². The quantitative estimate of drug-likeness (QED) is 0.474. The third kappa shape index (κ3) is 5.81. The first-order valence-electron chi connectivity index (χ1n) is 8.29. The Balaban J connectivity index is 2.03. The molecular formula is C18H28N2OSSi. The van der Waals surface area contributed by atoms with Gasteiger partial charge in [0.05, 0.1) is 19.2 Å². The molecule has 1 unspecified atom stereocenters. The maximum absolute atomic E-state index is 11.9. The lowest BCUT2D eigenvalue weighted by molar-refractivity contribution is -0.122. The molecule has 23 heavy (non-hydrogen) atoms. The summed E-state index contributed by atoms with van der Waals surface area (Å²) in [7, 11) is -1.17. The Morgan fingerprint density at radius 3 is 2.39 bits per heavy atom. The zero-order valence-corrected chi connectivity index (χ0v) is 16.7. The van der Waals surface area contributed by atoms with E-state index in [4.69, 9.17) is 4.99 Å². The predicted molar refractivity (Wildman–Crippen MR) is 104 cm³/mol. The van der Waals surface area contributed by atoms with Crippen molar-refractivity contribution in [2.24, 2.45) is 10.9 Å². The smallest absolute Gasteiger partial charge is 0.223 e. The molecule has 0 aromatic heterocycles. The van der Waals surface area contributed by atoms with Crippen LogP contribution in [-0.4, -0.2) is 31.4 Å². The third-order valence-electron chi connectivity index (χ3n) is 3.85. The third-order valence-corrected chi connectivity index (χ3v) is 5.71. The fourth-order valence-electron chi connectivity index (χ4n) is 2.26. The number of carbonyl (C=O) groups excluding carboxylic acids is 1. The molecule has 5 heteroatoms. The lowest BCUT2D eigenvalue weighted by Crippen LogP contribution is -2.27. The second-order valence-electron chi connectivity index (χ2n) is 7.51. The van der Waals surface area contributed by atoms with Gasteiger partial charge in [0.25, 0.3) is 0 Å². The molecule has 0 heterocycles. The highest BCUT2D eigenvalue weighted by atomic mass is 32.2. The second kappa shape index (κ2) is 7.66. The number of amides is 1. The van der Waals surface area contributed by atoms with Crippen LogP contribution in [-0.2, 0) is 4.79 Å². The van der Waals surface area contributed by atoms with E-state index in [1.54, 1.807) is 11.8 Å². The Morgan fingerprint density at radius 2 is 1.91 bits per heavy atom. The molecule has 1 aromatic carbocycles. The Kier molecular flexibility index (Phi) is 6.09. The number of rotatable bonds is 6. The van der Waals surface area contributed by atoms with Crippen LogP contribution in [0.25, 0.3) is 0 Å². The van der Waals surface area contributed by atoms with E-state index in [1.165, 1.54) is 5.56 Å². The van der Waals surface area contributed by atoms with Crippen LogP contribution in [0.1, 0.15) is 36.9 Å². The highest BCUT2D eigenvalue weighted by Crippen LogP contribution is 2.29. The first-order valence-corrected chi connectivity index (χ1v) is 13.2. The van der Waals surface area contributed by atoms with Gasteiger partial charge in [0.15, 0.2) is 0 Å². The second-order valence-corrected chi connectivity index (χ2v) is 13.7. The van der Waals surface area contributed by atoms with Crippen LogP contribution in [0.4, 0.5) is 0 Å². The zero-order chi connectivity index (χ0) is 17.0. The molecule has 0 spiro atoms.